The van der Waals surface area contributed by atoms with Gasteiger partial charge in [0.2, 0.25) is 0 Å². The van der Waals surface area contributed by atoms with Crippen LogP contribution in [0.15, 0.2) is 24.3 Å². The van der Waals surface area contributed by atoms with Crippen molar-refractivity contribution in [2.75, 3.05) is 6.61 Å². The maximum absolute atomic E-state index is 12.1. The molecule has 0 aliphatic heterocycles. The highest BCUT2D eigenvalue weighted by Crippen LogP contribution is 2.13. The highest BCUT2D eigenvalue weighted by molar-refractivity contribution is 7.80. The molecule has 0 saturated carbocycles. The van der Waals surface area contributed by atoms with E-state index in [1.54, 1.807) is 12.1 Å². The highest BCUT2D eigenvalue weighted by atomic mass is 32.1. The fourth-order valence-corrected chi connectivity index (χ4v) is 2.43. The van der Waals surface area contributed by atoms with Gasteiger partial charge in [-0.3, -0.25) is 10.1 Å². The summed E-state index contributed by atoms with van der Waals surface area (Å²) < 4.78 is 5.70. The first-order chi connectivity index (χ1) is 11.6. The van der Waals surface area contributed by atoms with Crippen LogP contribution in [0.1, 0.15) is 69.7 Å². The average Bonchev–Trinajstić information content (AvgIpc) is 2.58. The van der Waals surface area contributed by atoms with Crippen LogP contribution in [0.3, 0.4) is 0 Å². The van der Waals surface area contributed by atoms with Crippen molar-refractivity contribution in [1.82, 2.24) is 10.6 Å². The van der Waals surface area contributed by atoms with E-state index in [4.69, 9.17) is 17.0 Å². The summed E-state index contributed by atoms with van der Waals surface area (Å²) in [4.78, 5) is 12.1. The Balaban J connectivity index is 2.35. The Bertz CT molecular complexity index is 503. The summed E-state index contributed by atoms with van der Waals surface area (Å²) in [6.45, 7) is 7.01. The fourth-order valence-electron chi connectivity index (χ4n) is 2.14. The smallest absolute Gasteiger partial charge is 0.257 e. The van der Waals surface area contributed by atoms with Gasteiger partial charge in [-0.15, -0.1) is 0 Å². The van der Waals surface area contributed by atoms with Crippen molar-refractivity contribution < 1.29 is 9.53 Å². The van der Waals surface area contributed by atoms with E-state index in [2.05, 4.69) is 24.5 Å². The molecule has 0 bridgehead atoms. The molecule has 0 aromatic heterocycles. The van der Waals surface area contributed by atoms with Gasteiger partial charge in [0.05, 0.1) is 6.61 Å². The Kier molecular flexibility index (Phi) is 10.1. The van der Waals surface area contributed by atoms with Gasteiger partial charge in [-0.1, -0.05) is 39.5 Å². The lowest BCUT2D eigenvalue weighted by Gasteiger charge is -2.14. The number of carbonyl (C=O) groups excluding carboxylic acids is 1. The Morgan fingerprint density at radius 3 is 2.42 bits per heavy atom. The zero-order chi connectivity index (χ0) is 17.8. The van der Waals surface area contributed by atoms with E-state index in [1.807, 2.05) is 19.1 Å². The molecule has 5 heteroatoms. The largest absolute Gasteiger partial charge is 0.494 e. The van der Waals surface area contributed by atoms with Crippen molar-refractivity contribution in [2.24, 2.45) is 0 Å². The number of thiocarbonyl (C=S) groups is 1. The van der Waals surface area contributed by atoms with E-state index in [9.17, 15) is 4.79 Å². The number of benzene rings is 1. The molecule has 4 nitrogen and oxygen atoms in total. The number of nitrogens with one attached hydrogen (secondary N) is 2. The van der Waals surface area contributed by atoms with Crippen molar-refractivity contribution in [3.8, 4) is 5.75 Å². The zero-order valence-corrected chi connectivity index (χ0v) is 15.9. The molecule has 0 fully saturated rings. The summed E-state index contributed by atoms with van der Waals surface area (Å²) >= 11 is 5.13. The van der Waals surface area contributed by atoms with Crippen LogP contribution in [0.5, 0.6) is 5.75 Å². The summed E-state index contributed by atoms with van der Waals surface area (Å²) in [5.41, 5.74) is 0.568. The van der Waals surface area contributed by atoms with Gasteiger partial charge in [0.15, 0.2) is 5.11 Å². The molecule has 1 aromatic carbocycles. The van der Waals surface area contributed by atoms with E-state index in [0.717, 1.165) is 25.2 Å². The molecular formula is C19H30N2O2S. The van der Waals surface area contributed by atoms with Crippen LogP contribution < -0.4 is 15.4 Å². The van der Waals surface area contributed by atoms with Gasteiger partial charge in [-0.25, -0.2) is 0 Å². The normalized spacial score (nSPS) is 11.6. The minimum absolute atomic E-state index is 0.207. The van der Waals surface area contributed by atoms with Crippen LogP contribution in [0, 0.1) is 0 Å². The minimum atomic E-state index is -0.207. The molecule has 0 heterocycles. The molecule has 2 N–H and O–H groups in total. The first-order valence-electron chi connectivity index (χ1n) is 8.91. The lowest BCUT2D eigenvalue weighted by Crippen LogP contribution is -2.43. The third-order valence-electron chi connectivity index (χ3n) is 3.85. The van der Waals surface area contributed by atoms with E-state index < -0.39 is 0 Å². The summed E-state index contributed by atoms with van der Waals surface area (Å²) in [5, 5.41) is 6.12. The van der Waals surface area contributed by atoms with Crippen LogP contribution in [0.25, 0.3) is 0 Å². The second-order valence-electron chi connectivity index (χ2n) is 6.02. The first-order valence-corrected chi connectivity index (χ1v) is 9.32. The molecule has 0 radical (unpaired) electrons. The number of ether oxygens (including phenoxy) is 1. The summed E-state index contributed by atoms with van der Waals surface area (Å²) in [6, 6.07) is 7.41. The second kappa shape index (κ2) is 11.8. The van der Waals surface area contributed by atoms with Crippen LogP contribution in [0.4, 0.5) is 0 Å². The molecule has 0 aliphatic rings. The average molecular weight is 351 g/mol. The molecule has 24 heavy (non-hydrogen) atoms. The number of carbonyl (C=O) groups is 1. The molecule has 0 saturated heterocycles. The molecule has 1 rings (SSSR count). The number of amides is 1. The quantitative estimate of drug-likeness (QED) is 0.484. The van der Waals surface area contributed by atoms with Gasteiger partial charge in [-0.05, 0) is 56.2 Å². The second-order valence-corrected chi connectivity index (χ2v) is 6.43. The summed E-state index contributed by atoms with van der Waals surface area (Å²) in [6.07, 6.45) is 7.02. The zero-order valence-electron chi connectivity index (χ0n) is 15.1. The van der Waals surface area contributed by atoms with Gasteiger partial charge in [0.1, 0.15) is 5.75 Å². The highest BCUT2D eigenvalue weighted by Gasteiger charge is 2.09. The van der Waals surface area contributed by atoms with E-state index >= 15 is 0 Å². The van der Waals surface area contributed by atoms with Crippen molar-refractivity contribution in [2.45, 2.75) is 65.3 Å². The van der Waals surface area contributed by atoms with Crippen LogP contribution in [-0.4, -0.2) is 23.7 Å². The summed E-state index contributed by atoms with van der Waals surface area (Å²) in [7, 11) is 0. The van der Waals surface area contributed by atoms with Crippen molar-refractivity contribution in [1.29, 1.82) is 0 Å². The van der Waals surface area contributed by atoms with Crippen molar-refractivity contribution >= 4 is 23.2 Å². The van der Waals surface area contributed by atoms with E-state index in [0.29, 0.717) is 10.7 Å². The van der Waals surface area contributed by atoms with Gasteiger partial charge >= 0.3 is 0 Å². The van der Waals surface area contributed by atoms with Crippen molar-refractivity contribution in [3.63, 3.8) is 0 Å². The fraction of sp³-hybridized carbons (Fsp3) is 0.579. The molecule has 0 aliphatic carbocycles. The maximum Gasteiger partial charge on any atom is 0.257 e. The van der Waals surface area contributed by atoms with Gasteiger partial charge in [0.25, 0.3) is 5.91 Å². The third-order valence-corrected chi connectivity index (χ3v) is 4.07. The molecular weight excluding hydrogens is 320 g/mol. The monoisotopic (exact) mass is 350 g/mol. The first kappa shape index (κ1) is 20.4. The topological polar surface area (TPSA) is 50.4 Å². The lowest BCUT2D eigenvalue weighted by molar-refractivity contribution is 0.0976. The van der Waals surface area contributed by atoms with Gasteiger partial charge in [0, 0.05) is 11.6 Å². The van der Waals surface area contributed by atoms with Gasteiger partial charge < -0.3 is 10.1 Å². The summed E-state index contributed by atoms with van der Waals surface area (Å²) in [5.74, 6) is 0.587. The molecule has 1 aromatic rings. The molecule has 0 spiro atoms. The Labute approximate surface area is 151 Å². The van der Waals surface area contributed by atoms with Crippen molar-refractivity contribution in [3.05, 3.63) is 29.8 Å². The standard InChI is InChI=1S/C19H30N2O2S/c1-4-6-7-8-9-14-23-17-12-10-16(11-13-17)18(22)21-19(24)20-15(3)5-2/h10-13,15H,4-9,14H2,1-3H3,(H2,20,21,22,24). The van der Waals surface area contributed by atoms with E-state index in [1.165, 1.54) is 25.7 Å². The predicted octanol–water partition coefficient (Wildman–Crippen LogP) is 4.44. The number of unbranched alkanes of at least 4 members (excludes halogenated alkanes) is 4. The Morgan fingerprint density at radius 2 is 1.79 bits per heavy atom. The molecule has 1 atom stereocenters. The molecule has 1 amide bonds. The van der Waals surface area contributed by atoms with Crippen LogP contribution in [0.2, 0.25) is 0 Å². The maximum atomic E-state index is 12.1. The van der Waals surface area contributed by atoms with E-state index in [-0.39, 0.29) is 11.9 Å². The van der Waals surface area contributed by atoms with Crippen LogP contribution >= 0.6 is 12.2 Å². The SMILES string of the molecule is CCCCCCCOc1ccc(C(=O)NC(=S)NC(C)CC)cc1. The lowest BCUT2D eigenvalue weighted by atomic mass is 10.2. The third kappa shape index (κ3) is 8.29. The Hall–Kier alpha value is -1.62. The minimum Gasteiger partial charge on any atom is -0.494 e. The number of rotatable bonds is 10. The number of hydrogen-bond donors (Lipinski definition) is 2. The number of hydrogen-bond acceptors (Lipinski definition) is 3. The predicted molar refractivity (Wildman–Crippen MR) is 104 cm³/mol. The molecule has 134 valence electrons. The molecule has 1 unspecified atom stereocenters. The van der Waals surface area contributed by atoms with Crippen LogP contribution in [-0.2, 0) is 0 Å². The van der Waals surface area contributed by atoms with Gasteiger partial charge in [-0.2, -0.15) is 0 Å². The Morgan fingerprint density at radius 1 is 1.12 bits per heavy atom.